The van der Waals surface area contributed by atoms with Crippen molar-refractivity contribution >= 4 is 0 Å². The summed E-state index contributed by atoms with van der Waals surface area (Å²) in [6.45, 7) is 6.72. The van der Waals surface area contributed by atoms with Crippen molar-refractivity contribution in [1.29, 1.82) is 0 Å². The van der Waals surface area contributed by atoms with Crippen LogP contribution in [-0.2, 0) is 13.0 Å². The lowest BCUT2D eigenvalue weighted by Gasteiger charge is -2.08. The van der Waals surface area contributed by atoms with Crippen LogP contribution in [0.2, 0.25) is 0 Å². The third kappa shape index (κ3) is 5.27. The van der Waals surface area contributed by atoms with E-state index in [1.807, 2.05) is 36.6 Å². The monoisotopic (exact) mass is 445 g/mol. The number of unbranched alkanes of at least 4 members (excludes halogenated alkanes) is 3. The Morgan fingerprint density at radius 2 is 1.76 bits per heavy atom. The molecule has 0 radical (unpaired) electrons. The van der Waals surface area contributed by atoms with Gasteiger partial charge < -0.3 is 0 Å². The van der Waals surface area contributed by atoms with Crippen molar-refractivity contribution in [1.82, 2.24) is 35.0 Å². The number of aromatic nitrogens is 7. The van der Waals surface area contributed by atoms with Crippen molar-refractivity contribution in [2.45, 2.75) is 65.5 Å². The quantitative estimate of drug-likeness (QED) is 0.359. The Morgan fingerprint density at radius 1 is 0.970 bits per heavy atom. The van der Waals surface area contributed by atoms with Gasteiger partial charge in [-0.25, -0.2) is 9.48 Å². The van der Waals surface area contributed by atoms with E-state index < -0.39 is 0 Å². The van der Waals surface area contributed by atoms with Gasteiger partial charge in [-0.15, -0.1) is 10.2 Å². The van der Waals surface area contributed by atoms with Gasteiger partial charge in [0, 0.05) is 12.0 Å². The maximum absolute atomic E-state index is 13.0. The lowest BCUT2D eigenvalue weighted by Crippen LogP contribution is -2.27. The number of hydrogen-bond donors (Lipinski definition) is 1. The van der Waals surface area contributed by atoms with Gasteiger partial charge in [-0.1, -0.05) is 68.7 Å². The van der Waals surface area contributed by atoms with Crippen molar-refractivity contribution < 1.29 is 0 Å². The molecule has 172 valence electrons. The highest BCUT2D eigenvalue weighted by Gasteiger charge is 2.15. The van der Waals surface area contributed by atoms with Crippen LogP contribution in [0.15, 0.2) is 53.3 Å². The van der Waals surface area contributed by atoms with E-state index in [9.17, 15) is 4.79 Å². The number of aryl methyl sites for hydroxylation is 1. The zero-order chi connectivity index (χ0) is 23.2. The van der Waals surface area contributed by atoms with Gasteiger partial charge >= 0.3 is 5.69 Å². The smallest absolute Gasteiger partial charge is 0.274 e. The molecule has 0 aliphatic rings. The molecular weight excluding hydrogens is 414 g/mol. The van der Waals surface area contributed by atoms with Crippen LogP contribution < -0.4 is 5.69 Å². The van der Waals surface area contributed by atoms with Gasteiger partial charge in [0.2, 0.25) is 5.82 Å². The lowest BCUT2D eigenvalue weighted by molar-refractivity contribution is 0.504. The molecule has 2 aromatic carbocycles. The van der Waals surface area contributed by atoms with Crippen molar-refractivity contribution in [3.05, 3.63) is 70.4 Å². The summed E-state index contributed by atoms with van der Waals surface area (Å²) in [5.74, 6) is 1.45. The van der Waals surface area contributed by atoms with E-state index in [2.05, 4.69) is 63.0 Å². The van der Waals surface area contributed by atoms with Crippen LogP contribution in [0.3, 0.4) is 0 Å². The molecule has 1 N–H and O–H groups in total. The molecule has 0 atom stereocenters. The fourth-order valence-corrected chi connectivity index (χ4v) is 3.95. The molecule has 8 nitrogen and oxygen atoms in total. The fraction of sp³-hybridized carbons (Fsp3) is 0.400. The van der Waals surface area contributed by atoms with E-state index >= 15 is 0 Å². The number of nitrogens with one attached hydrogen (secondary N) is 1. The van der Waals surface area contributed by atoms with Crippen LogP contribution >= 0.6 is 0 Å². The lowest BCUT2D eigenvalue weighted by atomic mass is 10.0. The molecule has 0 bridgehead atoms. The predicted octanol–water partition coefficient (Wildman–Crippen LogP) is 4.64. The summed E-state index contributed by atoms with van der Waals surface area (Å²) in [4.78, 5) is 13.0. The Morgan fingerprint density at radius 3 is 2.45 bits per heavy atom. The SMILES string of the molecule is CCCCCCc1nn(C(C)C)c(=O)n1Cc1ccc(-c2cccc(-c3nn[nH]n3)c2)cc1. The Labute approximate surface area is 193 Å². The van der Waals surface area contributed by atoms with Gasteiger partial charge in [0.1, 0.15) is 5.82 Å². The summed E-state index contributed by atoms with van der Waals surface area (Å²) in [6.07, 6.45) is 5.45. The Kier molecular flexibility index (Phi) is 7.12. The minimum Gasteiger partial charge on any atom is -0.274 e. The first-order valence-electron chi connectivity index (χ1n) is 11.7. The molecular formula is C25H31N7O. The highest BCUT2D eigenvalue weighted by Crippen LogP contribution is 2.24. The first-order chi connectivity index (χ1) is 16.1. The number of tetrazole rings is 1. The van der Waals surface area contributed by atoms with Crippen LogP contribution in [0.5, 0.6) is 0 Å². The fourth-order valence-electron chi connectivity index (χ4n) is 3.95. The van der Waals surface area contributed by atoms with E-state index in [1.165, 1.54) is 12.8 Å². The van der Waals surface area contributed by atoms with Crippen LogP contribution in [0, 0.1) is 0 Å². The molecule has 0 fully saturated rings. The van der Waals surface area contributed by atoms with Gasteiger partial charge in [-0.2, -0.15) is 10.3 Å². The normalized spacial score (nSPS) is 11.4. The van der Waals surface area contributed by atoms with Gasteiger partial charge in [0.05, 0.1) is 12.6 Å². The van der Waals surface area contributed by atoms with E-state index in [1.54, 1.807) is 4.68 Å². The third-order valence-electron chi connectivity index (χ3n) is 5.80. The van der Waals surface area contributed by atoms with Crippen molar-refractivity contribution in [3.63, 3.8) is 0 Å². The Bertz CT molecular complexity index is 1220. The minimum absolute atomic E-state index is 0.0348. The molecule has 2 aromatic heterocycles. The number of H-pyrrole nitrogens is 1. The first kappa shape index (κ1) is 22.6. The number of rotatable bonds is 10. The summed E-state index contributed by atoms with van der Waals surface area (Å²) in [6, 6.07) is 16.4. The largest absolute Gasteiger partial charge is 0.346 e. The average molecular weight is 446 g/mol. The number of nitrogens with zero attached hydrogens (tertiary/aromatic N) is 6. The average Bonchev–Trinajstić information content (AvgIpc) is 3.47. The van der Waals surface area contributed by atoms with Crippen LogP contribution in [0.1, 0.15) is 63.9 Å². The second-order valence-corrected chi connectivity index (χ2v) is 8.65. The van der Waals surface area contributed by atoms with Gasteiger partial charge in [0.25, 0.3) is 0 Å². The molecule has 0 amide bonds. The third-order valence-corrected chi connectivity index (χ3v) is 5.80. The second-order valence-electron chi connectivity index (χ2n) is 8.65. The highest BCUT2D eigenvalue weighted by molar-refractivity contribution is 5.70. The van der Waals surface area contributed by atoms with Gasteiger partial charge in [-0.3, -0.25) is 4.57 Å². The maximum atomic E-state index is 13.0. The molecule has 4 rings (SSSR count). The summed E-state index contributed by atoms with van der Waals surface area (Å²) >= 11 is 0. The minimum atomic E-state index is -0.0348. The van der Waals surface area contributed by atoms with Crippen molar-refractivity contribution in [2.24, 2.45) is 0 Å². The maximum Gasteiger partial charge on any atom is 0.346 e. The van der Waals surface area contributed by atoms with Crippen molar-refractivity contribution in [3.8, 4) is 22.5 Å². The summed E-state index contributed by atoms with van der Waals surface area (Å²) < 4.78 is 3.44. The molecule has 0 aliphatic carbocycles. The van der Waals surface area contributed by atoms with Crippen LogP contribution in [0.25, 0.3) is 22.5 Å². The Balaban J connectivity index is 1.54. The van der Waals surface area contributed by atoms with E-state index in [0.717, 1.165) is 47.3 Å². The molecule has 0 spiro atoms. The van der Waals surface area contributed by atoms with E-state index in [4.69, 9.17) is 0 Å². The zero-order valence-corrected chi connectivity index (χ0v) is 19.5. The molecule has 0 saturated heterocycles. The van der Waals surface area contributed by atoms with E-state index in [0.29, 0.717) is 12.4 Å². The summed E-state index contributed by atoms with van der Waals surface area (Å²) in [7, 11) is 0. The molecule has 0 unspecified atom stereocenters. The van der Waals surface area contributed by atoms with Crippen molar-refractivity contribution in [2.75, 3.05) is 0 Å². The molecule has 2 heterocycles. The molecule has 0 saturated carbocycles. The standard InChI is InChI=1S/C25H31N7O/c1-4-5-6-7-11-23-28-32(18(2)3)25(33)31(23)17-19-12-14-20(15-13-19)21-9-8-10-22(16-21)24-26-29-30-27-24/h8-10,12-16,18H,4-7,11,17H2,1-3H3,(H,26,27,29,30). The molecule has 4 aromatic rings. The first-order valence-corrected chi connectivity index (χ1v) is 11.7. The van der Waals surface area contributed by atoms with Gasteiger partial charge in [0.15, 0.2) is 0 Å². The van der Waals surface area contributed by atoms with E-state index in [-0.39, 0.29) is 11.7 Å². The summed E-state index contributed by atoms with van der Waals surface area (Å²) in [5, 5.41) is 18.9. The highest BCUT2D eigenvalue weighted by atomic mass is 16.2. The van der Waals surface area contributed by atoms with Gasteiger partial charge in [-0.05, 0) is 48.2 Å². The second kappa shape index (κ2) is 10.4. The number of benzene rings is 2. The van der Waals surface area contributed by atoms with Crippen LogP contribution in [-0.4, -0.2) is 35.0 Å². The zero-order valence-electron chi connectivity index (χ0n) is 19.5. The summed E-state index contributed by atoms with van der Waals surface area (Å²) in [5.41, 5.74) is 4.12. The Hall–Kier alpha value is -3.55. The molecule has 8 heteroatoms. The number of hydrogen-bond acceptors (Lipinski definition) is 5. The topological polar surface area (TPSA) is 94.3 Å². The van der Waals surface area contributed by atoms with Crippen LogP contribution in [0.4, 0.5) is 0 Å². The predicted molar refractivity (Wildman–Crippen MR) is 129 cm³/mol. The number of aromatic amines is 1. The molecule has 33 heavy (non-hydrogen) atoms. The molecule has 0 aliphatic heterocycles.